The minimum absolute atomic E-state index is 0.420. The van der Waals surface area contributed by atoms with Gasteiger partial charge in [-0.25, -0.2) is 18.6 Å². The molecule has 14 heavy (non-hydrogen) atoms. The van der Waals surface area contributed by atoms with E-state index < -0.39 is 10.2 Å². The summed E-state index contributed by atoms with van der Waals surface area (Å²) in [6.45, 7) is 0. The summed E-state index contributed by atoms with van der Waals surface area (Å²) < 4.78 is 39.6. The summed E-state index contributed by atoms with van der Waals surface area (Å²) in [7, 11) is -3.08. The van der Waals surface area contributed by atoms with Gasteiger partial charge in [0.05, 0.1) is 0 Å². The number of halogens is 1. The van der Waals surface area contributed by atoms with Gasteiger partial charge in [0.1, 0.15) is 0 Å². The zero-order chi connectivity index (χ0) is 10.6. The van der Waals surface area contributed by atoms with Crippen molar-refractivity contribution in [3.05, 3.63) is 24.3 Å². The predicted octanol–water partition coefficient (Wildman–Crippen LogP) is -3.12. The first-order chi connectivity index (χ1) is 6.47. The molecule has 0 bridgehead atoms. The van der Waals surface area contributed by atoms with Gasteiger partial charge in [0.2, 0.25) is 0 Å². The van der Waals surface area contributed by atoms with Crippen LogP contribution in [0.2, 0.25) is 0 Å². The van der Waals surface area contributed by atoms with Crippen molar-refractivity contribution < 1.29 is 28.9 Å². The Kier molecular flexibility index (Phi) is 4.36. The average Bonchev–Trinajstić information content (AvgIpc) is 2.47. The molecular weight excluding hydrogens is 297 g/mol. The van der Waals surface area contributed by atoms with Crippen molar-refractivity contribution in [3.63, 3.8) is 0 Å². The van der Waals surface area contributed by atoms with E-state index in [1.54, 1.807) is 0 Å². The number of hydrogen-bond donors (Lipinski definition) is 0. The van der Waals surface area contributed by atoms with Crippen LogP contribution in [-0.4, -0.2) is 17.6 Å². The van der Waals surface area contributed by atoms with Crippen LogP contribution in [0.15, 0.2) is 24.3 Å². The summed E-state index contributed by atoms with van der Waals surface area (Å²) >= 11 is 0.420. The van der Waals surface area contributed by atoms with Gasteiger partial charge in [0.25, 0.3) is 0 Å². The molecule has 0 aliphatic heterocycles. The van der Waals surface area contributed by atoms with Gasteiger partial charge in [-0.05, 0) is 0 Å². The zero-order valence-corrected chi connectivity index (χ0v) is 9.87. The van der Waals surface area contributed by atoms with Crippen LogP contribution in [0, 0.1) is 10.2 Å². The fraction of sp³-hybridized carbons (Fsp3) is 0. The number of benzene rings is 1. The van der Waals surface area contributed by atoms with Gasteiger partial charge in [-0.2, -0.15) is 0 Å². The molecule has 0 saturated heterocycles. The van der Waals surface area contributed by atoms with Crippen molar-refractivity contribution in [1.82, 2.24) is 3.98 Å². The van der Waals surface area contributed by atoms with Crippen LogP contribution in [0.4, 0.5) is 0 Å². The summed E-state index contributed by atoms with van der Waals surface area (Å²) in [6, 6.07) is 8.28. The average molecular weight is 301 g/mol. The van der Waals surface area contributed by atoms with E-state index in [0.717, 1.165) is 0 Å². The first kappa shape index (κ1) is 12.0. The van der Waals surface area contributed by atoms with Crippen LogP contribution < -0.4 is 18.6 Å². The van der Waals surface area contributed by atoms with Gasteiger partial charge in [-0.1, -0.05) is 0 Å². The third-order valence-corrected chi connectivity index (χ3v) is 4.28. The second kappa shape index (κ2) is 5.11. The van der Waals surface area contributed by atoms with E-state index in [2.05, 4.69) is 22.2 Å². The quantitative estimate of drug-likeness (QED) is 0.378. The summed E-state index contributed by atoms with van der Waals surface area (Å²) in [6.07, 6.45) is 0. The molecule has 0 unspecified atom stereocenters. The van der Waals surface area contributed by atoms with Crippen molar-refractivity contribution in [2.75, 3.05) is 0 Å². The van der Waals surface area contributed by atoms with E-state index in [1.165, 1.54) is 10.2 Å². The molecule has 8 heteroatoms. The predicted molar refractivity (Wildman–Crippen MR) is 41.0 cm³/mol. The van der Waals surface area contributed by atoms with E-state index in [0.29, 0.717) is 13.6 Å². The molecule has 0 N–H and O–H groups in total. The second-order valence-corrected chi connectivity index (χ2v) is 5.98. The molecule has 5 nitrogen and oxygen atoms in total. The summed E-state index contributed by atoms with van der Waals surface area (Å²) in [5.41, 5.74) is 1.18. The van der Waals surface area contributed by atoms with Crippen molar-refractivity contribution in [2.24, 2.45) is 0 Å². The van der Waals surface area contributed by atoms with E-state index >= 15 is 0 Å². The third-order valence-electron chi connectivity index (χ3n) is 1.13. The standard InChI is InChI=1S/C6H4NSSe.ClHO4/c1-2-4-6-5(3-1)7-9-8-6;2-1(3,4)5/h1-4H;(H,2,3,4,5)/q+1;/p-1. The summed E-state index contributed by atoms with van der Waals surface area (Å²) in [5, 5.41) is 0. The number of rotatable bonds is 0. The molecule has 0 fully saturated rings. The van der Waals surface area contributed by atoms with E-state index in [1.807, 2.05) is 15.8 Å². The Hall–Kier alpha value is -0.111. The number of fused-ring (bicyclic) bond motifs is 1. The maximum absolute atomic E-state index is 8.49. The van der Waals surface area contributed by atoms with Crippen LogP contribution in [0.3, 0.4) is 0 Å². The molecule has 0 aliphatic rings. The van der Waals surface area contributed by atoms with Crippen LogP contribution in [0.1, 0.15) is 0 Å². The van der Waals surface area contributed by atoms with Gasteiger partial charge >= 0.3 is 61.8 Å². The molecule has 2 rings (SSSR count). The maximum atomic E-state index is 8.49. The van der Waals surface area contributed by atoms with Crippen molar-refractivity contribution in [1.29, 1.82) is 0 Å². The van der Waals surface area contributed by atoms with Gasteiger partial charge in [0, 0.05) is 0 Å². The van der Waals surface area contributed by atoms with Crippen molar-refractivity contribution >= 4 is 33.5 Å². The molecule has 0 aliphatic carbocycles. The fourth-order valence-electron chi connectivity index (χ4n) is 0.702. The Balaban J connectivity index is 0.000000171. The first-order valence-corrected chi connectivity index (χ1v) is 8.06. The molecule has 1 aromatic carbocycles. The SMILES string of the molecule is [O-][Cl+3]([O-])([O-])[O-].c1ccc2[s+][se]nc2c1. The van der Waals surface area contributed by atoms with Crippen molar-refractivity contribution in [3.8, 4) is 0 Å². The van der Waals surface area contributed by atoms with Gasteiger partial charge < -0.3 is 0 Å². The molecule has 76 valence electrons. The number of aromatic nitrogens is 1. The van der Waals surface area contributed by atoms with Crippen LogP contribution in [0.25, 0.3) is 10.2 Å². The molecule has 1 aromatic heterocycles. The van der Waals surface area contributed by atoms with E-state index in [-0.39, 0.29) is 0 Å². The molecule has 0 saturated carbocycles. The Morgan fingerprint density at radius 1 is 1.14 bits per heavy atom. The second-order valence-electron chi connectivity index (χ2n) is 2.09. The number of nitrogens with zero attached hydrogens (tertiary/aromatic N) is 1. The molecule has 0 radical (unpaired) electrons. The van der Waals surface area contributed by atoms with E-state index in [9.17, 15) is 0 Å². The topological polar surface area (TPSA) is 105 Å². The Labute approximate surface area is 90.6 Å². The summed E-state index contributed by atoms with van der Waals surface area (Å²) in [5.74, 6) is 0. The third kappa shape index (κ3) is 4.94. The Morgan fingerprint density at radius 3 is 2.29 bits per heavy atom. The van der Waals surface area contributed by atoms with Gasteiger partial charge in [0.15, 0.2) is 0 Å². The Morgan fingerprint density at radius 2 is 1.71 bits per heavy atom. The fourth-order valence-corrected chi connectivity index (χ4v) is 3.83. The van der Waals surface area contributed by atoms with Gasteiger partial charge in [-0.15, -0.1) is 10.2 Å². The summed E-state index contributed by atoms with van der Waals surface area (Å²) in [4.78, 5) is 0. The normalized spacial score (nSPS) is 10.9. The van der Waals surface area contributed by atoms with Crippen LogP contribution >= 0.6 is 9.72 Å². The first-order valence-electron chi connectivity index (χ1n) is 3.22. The van der Waals surface area contributed by atoms with Crippen LogP contribution in [0.5, 0.6) is 0 Å². The molecule has 0 atom stereocenters. The van der Waals surface area contributed by atoms with Gasteiger partial charge in [-0.3, -0.25) is 0 Å². The monoisotopic (exact) mass is 301 g/mol. The zero-order valence-electron chi connectivity index (χ0n) is 6.58. The number of hydrogen-bond acceptors (Lipinski definition) is 5. The molecule has 0 spiro atoms. The molecular formula is C6H4ClNO4SSe. The van der Waals surface area contributed by atoms with Crippen LogP contribution in [-0.2, 0) is 0 Å². The minimum atomic E-state index is -4.94. The molecule has 1 heterocycles. The molecule has 2 aromatic rings. The van der Waals surface area contributed by atoms with E-state index in [4.69, 9.17) is 18.6 Å². The Bertz CT molecular complexity index is 368. The van der Waals surface area contributed by atoms with Crippen molar-refractivity contribution in [2.45, 2.75) is 0 Å². The molecule has 0 amide bonds.